The first-order valence-electron chi connectivity index (χ1n) is 19.3. The fraction of sp³-hybridized carbons (Fsp3) is 0.386. The summed E-state index contributed by atoms with van der Waals surface area (Å²) in [4.78, 5) is 22.0. The van der Waals surface area contributed by atoms with Gasteiger partial charge in [-0.15, -0.1) is 0 Å². The van der Waals surface area contributed by atoms with E-state index >= 15 is 0 Å². The van der Waals surface area contributed by atoms with Crippen LogP contribution in [0.1, 0.15) is 59.2 Å². The van der Waals surface area contributed by atoms with Gasteiger partial charge in [0.2, 0.25) is 10.0 Å². The van der Waals surface area contributed by atoms with E-state index in [9.17, 15) is 22.7 Å². The molecule has 0 spiro atoms. The normalized spacial score (nSPS) is 18.2. The number of fused-ring (bicyclic) bond motifs is 2. The van der Waals surface area contributed by atoms with Gasteiger partial charge in [-0.1, -0.05) is 59.8 Å². The van der Waals surface area contributed by atoms with Crippen LogP contribution in [0.2, 0.25) is 5.02 Å². The van der Waals surface area contributed by atoms with Crippen LogP contribution in [0.25, 0.3) is 5.57 Å². The summed E-state index contributed by atoms with van der Waals surface area (Å²) in [7, 11) is 1.85. The number of piperazine rings is 1. The first kappa shape index (κ1) is 42.2. The summed E-state index contributed by atoms with van der Waals surface area (Å²) in [5.41, 5.74) is 4.01. The van der Waals surface area contributed by atoms with Crippen molar-refractivity contribution in [1.82, 2.24) is 19.0 Å². The van der Waals surface area contributed by atoms with Crippen LogP contribution in [0, 0.1) is 5.82 Å². The molecule has 1 N–H and O–H groups in total. The van der Waals surface area contributed by atoms with E-state index in [-0.39, 0.29) is 11.6 Å². The fourth-order valence-corrected chi connectivity index (χ4v) is 9.48. The van der Waals surface area contributed by atoms with Crippen molar-refractivity contribution in [1.29, 1.82) is 0 Å². The summed E-state index contributed by atoms with van der Waals surface area (Å²) in [6, 6.07) is 27.0. The Hall–Kier alpha value is -3.39. The number of hydrogen-bond acceptors (Lipinski definition) is 8. The van der Waals surface area contributed by atoms with E-state index in [2.05, 4.69) is 52.1 Å². The zero-order chi connectivity index (χ0) is 39.9. The van der Waals surface area contributed by atoms with Crippen molar-refractivity contribution in [3.63, 3.8) is 0 Å². The number of halogens is 2. The third kappa shape index (κ3) is 10.6. The number of piperidine rings is 1. The van der Waals surface area contributed by atoms with Crippen molar-refractivity contribution in [2.24, 2.45) is 0 Å². The molecule has 7 rings (SSSR count). The highest BCUT2D eigenvalue weighted by molar-refractivity contribution is 7.99. The maximum Gasteiger partial charge on any atom is 0.242 e. The van der Waals surface area contributed by atoms with Crippen molar-refractivity contribution in [2.45, 2.75) is 52.4 Å². The van der Waals surface area contributed by atoms with Gasteiger partial charge in [-0.3, -0.25) is 4.79 Å². The van der Waals surface area contributed by atoms with E-state index in [4.69, 9.17) is 11.6 Å². The van der Waals surface area contributed by atoms with Crippen LogP contribution in [-0.4, -0.2) is 112 Å². The van der Waals surface area contributed by atoms with Gasteiger partial charge in [0, 0.05) is 86.7 Å². The number of sulfonamides is 1. The van der Waals surface area contributed by atoms with Crippen molar-refractivity contribution in [2.75, 3.05) is 73.5 Å². The van der Waals surface area contributed by atoms with Gasteiger partial charge in [0.05, 0.1) is 10.5 Å². The molecule has 3 heterocycles. The number of nitrogens with zero attached hydrogens (tertiary/aromatic N) is 4. The number of likely N-dealkylation sites (N-methyl/N-ethyl adjacent to an activating group) is 1. The average molecular weight is 820 g/mol. The van der Waals surface area contributed by atoms with Crippen molar-refractivity contribution in [3.8, 4) is 0 Å². The summed E-state index contributed by atoms with van der Waals surface area (Å²) in [5.74, 6) is -0.289. The summed E-state index contributed by atoms with van der Waals surface area (Å²) in [5, 5.41) is 11.5. The molecule has 0 atom stereocenters. The van der Waals surface area contributed by atoms with Crippen LogP contribution < -0.4 is 0 Å². The molecule has 2 fully saturated rings. The highest BCUT2D eigenvalue weighted by Gasteiger charge is 2.34. The zero-order valence-electron chi connectivity index (χ0n) is 32.5. The second kappa shape index (κ2) is 18.9. The minimum Gasteiger partial charge on any atom is -0.385 e. The summed E-state index contributed by atoms with van der Waals surface area (Å²) >= 11 is 7.63. The fourth-order valence-electron chi connectivity index (χ4n) is 7.34. The number of carbonyl (C=O) groups is 1. The van der Waals surface area contributed by atoms with Gasteiger partial charge in [-0.05, 0) is 122 Å². The lowest BCUT2D eigenvalue weighted by Crippen LogP contribution is -2.44. The van der Waals surface area contributed by atoms with Gasteiger partial charge >= 0.3 is 0 Å². The molecule has 0 saturated carbocycles. The van der Waals surface area contributed by atoms with Crippen LogP contribution in [0.5, 0.6) is 0 Å². The molecule has 298 valence electrons. The number of hydrogen-bond donors (Lipinski definition) is 1. The lowest BCUT2D eigenvalue weighted by Gasteiger charge is -2.38. The summed E-state index contributed by atoms with van der Waals surface area (Å²) in [6.07, 6.45) is 5.78. The monoisotopic (exact) mass is 818 g/mol. The lowest BCUT2D eigenvalue weighted by molar-refractivity contribution is -0.0260. The van der Waals surface area contributed by atoms with E-state index < -0.39 is 15.6 Å². The molecule has 12 heteroatoms. The van der Waals surface area contributed by atoms with Crippen LogP contribution in [-0.2, 0) is 15.6 Å². The van der Waals surface area contributed by atoms with E-state index in [1.807, 2.05) is 36.4 Å². The van der Waals surface area contributed by atoms with Crippen molar-refractivity contribution < 1.29 is 22.7 Å². The molecule has 0 aliphatic carbocycles. The molecule has 0 amide bonds. The van der Waals surface area contributed by atoms with Gasteiger partial charge in [0.15, 0.2) is 5.78 Å². The Labute approximate surface area is 341 Å². The van der Waals surface area contributed by atoms with Gasteiger partial charge < -0.3 is 19.8 Å². The number of rotatable bonds is 11. The molecule has 4 aromatic carbocycles. The standard InChI is InChI=1S/C23H29N3O2S2.C21H23ClFNO2/c1-24(2)30(27,28)18-10-11-23-21(17-18)19(20-7-4-5-9-22(20)29-23)8-6-12-26-15-13-25(3)14-16-26;22-18-7-5-17(6-8-18)21(26)11-14-24(15-12-21)13-1-2-20(25)16-3-9-19(23)10-4-16/h4-5,7-11,17H,6,12-16H2,1-3H3;3-10,26H,1-2,11-15H2/b19-8-;. The topological polar surface area (TPSA) is 84.4 Å². The molecule has 2 saturated heterocycles. The average Bonchev–Trinajstić information content (AvgIpc) is 3.19. The van der Waals surface area contributed by atoms with Gasteiger partial charge in [-0.25, -0.2) is 17.1 Å². The number of likely N-dealkylation sites (tertiary alicyclic amines) is 1. The summed E-state index contributed by atoms with van der Waals surface area (Å²) < 4.78 is 39.6. The number of ketones is 1. The third-order valence-electron chi connectivity index (χ3n) is 10.9. The quantitative estimate of drug-likeness (QED) is 0.135. The van der Waals surface area contributed by atoms with E-state index in [1.54, 1.807) is 31.9 Å². The zero-order valence-corrected chi connectivity index (χ0v) is 34.9. The molecule has 8 nitrogen and oxygen atoms in total. The highest BCUT2D eigenvalue weighted by atomic mass is 35.5. The Morgan fingerprint density at radius 1 is 0.857 bits per heavy atom. The largest absolute Gasteiger partial charge is 0.385 e. The summed E-state index contributed by atoms with van der Waals surface area (Å²) in [6.45, 7) is 7.88. The molecule has 3 aliphatic rings. The van der Waals surface area contributed by atoms with E-state index in [0.717, 1.165) is 86.8 Å². The second-order valence-electron chi connectivity index (χ2n) is 15.0. The van der Waals surface area contributed by atoms with Crippen LogP contribution >= 0.6 is 23.4 Å². The van der Waals surface area contributed by atoms with Crippen LogP contribution in [0.4, 0.5) is 4.39 Å². The smallest absolute Gasteiger partial charge is 0.242 e. The second-order valence-corrected chi connectivity index (χ2v) is 18.7. The first-order valence-corrected chi connectivity index (χ1v) is 21.9. The molecule has 56 heavy (non-hydrogen) atoms. The molecule has 4 aromatic rings. The van der Waals surface area contributed by atoms with Crippen LogP contribution in [0.15, 0.2) is 112 Å². The number of carbonyl (C=O) groups excluding carboxylic acids is 1. The molecule has 0 bridgehead atoms. The van der Waals surface area contributed by atoms with Gasteiger partial charge in [0.1, 0.15) is 5.82 Å². The SMILES string of the molecule is CN1CCN(CC/C=C2/c3ccccc3Sc3ccc(S(=O)(=O)N(C)C)cc32)CC1.O=C(CCCN1CCC(O)(c2ccc(Cl)cc2)CC1)c1ccc(F)cc1. The van der Waals surface area contributed by atoms with Gasteiger partial charge in [0.25, 0.3) is 0 Å². The number of aliphatic hydroxyl groups is 1. The molecule has 0 radical (unpaired) electrons. The molecule has 3 aliphatic heterocycles. The molecule has 0 aromatic heterocycles. The van der Waals surface area contributed by atoms with Gasteiger partial charge in [-0.2, -0.15) is 0 Å². The number of benzene rings is 4. The van der Waals surface area contributed by atoms with Crippen molar-refractivity contribution >= 4 is 44.7 Å². The highest BCUT2D eigenvalue weighted by Crippen LogP contribution is 2.46. The minimum atomic E-state index is -3.47. The maximum absolute atomic E-state index is 12.9. The Morgan fingerprint density at radius 2 is 1.50 bits per heavy atom. The lowest BCUT2D eigenvalue weighted by atomic mass is 9.84. The number of Topliss-reactive ketones (excluding diaryl/α,β-unsaturated/α-hetero) is 1. The van der Waals surface area contributed by atoms with E-state index in [0.29, 0.717) is 34.7 Å². The molecule has 0 unspecified atom stereocenters. The Balaban J connectivity index is 0.000000192. The Morgan fingerprint density at radius 3 is 2.18 bits per heavy atom. The molecular formula is C44H52ClFN4O4S2. The first-order chi connectivity index (χ1) is 26.8. The third-order valence-corrected chi connectivity index (χ3v) is 14.1. The Kier molecular flexibility index (Phi) is 14.3. The van der Waals surface area contributed by atoms with Crippen molar-refractivity contribution in [3.05, 3.63) is 130 Å². The molecular weight excluding hydrogens is 767 g/mol. The predicted octanol–water partition coefficient (Wildman–Crippen LogP) is 7.90. The van der Waals surface area contributed by atoms with E-state index in [1.165, 1.54) is 39.0 Å². The van der Waals surface area contributed by atoms with Crippen LogP contribution in [0.3, 0.4) is 0 Å². The Bertz CT molecular complexity index is 2100. The maximum atomic E-state index is 12.9. The minimum absolute atomic E-state index is 0.0414. The predicted molar refractivity (Wildman–Crippen MR) is 225 cm³/mol.